The number of nitriles is 1. The molecule has 140 valence electrons. The molecule has 0 aliphatic carbocycles. The number of carboxylic acids is 1. The minimum atomic E-state index is -0.906. The van der Waals surface area contributed by atoms with E-state index >= 15 is 0 Å². The molecular weight excluding hydrogens is 352 g/mol. The number of para-hydroxylation sites is 1. The molecule has 0 aromatic heterocycles. The molecule has 5 nitrogen and oxygen atoms in total. The Morgan fingerprint density at radius 3 is 2.61 bits per heavy atom. The van der Waals surface area contributed by atoms with Gasteiger partial charge in [-0.15, -0.1) is 0 Å². The van der Waals surface area contributed by atoms with Crippen LogP contribution in [0.4, 0.5) is 0 Å². The summed E-state index contributed by atoms with van der Waals surface area (Å²) >= 11 is 0. The molecule has 0 saturated heterocycles. The van der Waals surface area contributed by atoms with Crippen LogP contribution in [0.5, 0.6) is 5.75 Å². The van der Waals surface area contributed by atoms with Crippen LogP contribution >= 0.6 is 0 Å². The third kappa shape index (κ3) is 4.56. The van der Waals surface area contributed by atoms with Gasteiger partial charge >= 0.3 is 5.97 Å². The van der Waals surface area contributed by atoms with Crippen LogP contribution in [-0.2, 0) is 24.4 Å². The third-order valence-corrected chi connectivity index (χ3v) is 4.39. The van der Waals surface area contributed by atoms with Gasteiger partial charge in [-0.2, -0.15) is 5.26 Å². The van der Waals surface area contributed by atoms with Crippen molar-refractivity contribution in [3.8, 4) is 22.9 Å². The van der Waals surface area contributed by atoms with Crippen LogP contribution in [0.1, 0.15) is 22.3 Å². The highest BCUT2D eigenvalue weighted by Crippen LogP contribution is 2.27. The van der Waals surface area contributed by atoms with E-state index in [1.165, 1.54) is 0 Å². The Morgan fingerprint density at radius 1 is 1.04 bits per heavy atom. The van der Waals surface area contributed by atoms with E-state index in [2.05, 4.69) is 6.07 Å². The number of hydrogen-bond donors (Lipinski definition) is 2. The Kier molecular flexibility index (Phi) is 6.05. The quantitative estimate of drug-likeness (QED) is 0.656. The van der Waals surface area contributed by atoms with Gasteiger partial charge in [0.05, 0.1) is 18.1 Å². The highest BCUT2D eigenvalue weighted by atomic mass is 16.5. The molecule has 3 aromatic carbocycles. The topological polar surface area (TPSA) is 96.3 Å². The number of nitrogens with zero attached hydrogens (tertiary/aromatic N) is 1. The second-order valence-corrected chi connectivity index (χ2v) is 6.36. The van der Waals surface area contributed by atoms with Crippen LogP contribution in [0.2, 0.25) is 0 Å². The summed E-state index contributed by atoms with van der Waals surface area (Å²) < 4.78 is 5.87. The molecule has 0 radical (unpaired) electrons. The van der Waals surface area contributed by atoms with Crippen LogP contribution in [-0.4, -0.2) is 11.1 Å². The first-order chi connectivity index (χ1) is 13.6. The molecule has 0 spiro atoms. The molecule has 0 unspecified atom stereocenters. The van der Waals surface area contributed by atoms with Crippen molar-refractivity contribution in [1.82, 2.24) is 0 Å². The number of aliphatic carboxylic acids is 1. The van der Waals surface area contributed by atoms with Gasteiger partial charge in [-0.05, 0) is 46.5 Å². The average Bonchev–Trinajstić information content (AvgIpc) is 2.72. The molecule has 3 aromatic rings. The number of hydrogen-bond acceptors (Lipinski definition) is 4. The van der Waals surface area contributed by atoms with Crippen molar-refractivity contribution in [3.63, 3.8) is 0 Å². The van der Waals surface area contributed by atoms with E-state index in [4.69, 9.17) is 15.6 Å². The predicted octanol–water partition coefficient (Wildman–Crippen LogP) is 3.89. The fourth-order valence-electron chi connectivity index (χ4n) is 3.00. The van der Waals surface area contributed by atoms with Crippen molar-refractivity contribution in [2.75, 3.05) is 0 Å². The molecule has 3 N–H and O–H groups in total. The summed E-state index contributed by atoms with van der Waals surface area (Å²) in [5.41, 5.74) is 10.5. The molecule has 0 saturated carbocycles. The maximum Gasteiger partial charge on any atom is 0.307 e. The van der Waals surface area contributed by atoms with Gasteiger partial charge in [-0.25, -0.2) is 0 Å². The van der Waals surface area contributed by atoms with Crippen molar-refractivity contribution >= 4 is 5.97 Å². The van der Waals surface area contributed by atoms with Crippen molar-refractivity contribution in [2.45, 2.75) is 19.6 Å². The van der Waals surface area contributed by atoms with Crippen LogP contribution in [0.15, 0.2) is 66.7 Å². The zero-order valence-electron chi connectivity index (χ0n) is 15.3. The van der Waals surface area contributed by atoms with Crippen LogP contribution in [0.25, 0.3) is 11.1 Å². The van der Waals surface area contributed by atoms with E-state index in [9.17, 15) is 10.1 Å². The number of ether oxygens (including phenoxy) is 1. The van der Waals surface area contributed by atoms with Gasteiger partial charge in [0.2, 0.25) is 0 Å². The minimum absolute atomic E-state index is 0.0966. The Labute approximate surface area is 163 Å². The standard InChI is InChI=1S/C23H20N2O3/c24-13-16-4-3-6-18(10-16)21-11-17(8-9-20(21)14-25)15-28-22-7-2-1-5-19(22)12-23(26)27/h1-11H,12-13,15,24H2,(H,26,27). The van der Waals surface area contributed by atoms with Crippen LogP contribution in [0.3, 0.4) is 0 Å². The second-order valence-electron chi connectivity index (χ2n) is 6.36. The molecular formula is C23H20N2O3. The summed E-state index contributed by atoms with van der Waals surface area (Å²) in [6.45, 7) is 0.699. The summed E-state index contributed by atoms with van der Waals surface area (Å²) in [6, 6.07) is 22.6. The lowest BCUT2D eigenvalue weighted by atomic mass is 9.96. The Balaban J connectivity index is 1.87. The Morgan fingerprint density at radius 2 is 1.86 bits per heavy atom. The van der Waals surface area contributed by atoms with Gasteiger partial charge in [0.1, 0.15) is 12.4 Å². The van der Waals surface area contributed by atoms with Crippen molar-refractivity contribution in [3.05, 3.63) is 89.0 Å². The fourth-order valence-corrected chi connectivity index (χ4v) is 3.00. The molecule has 3 rings (SSSR count). The van der Waals surface area contributed by atoms with Gasteiger partial charge in [0.15, 0.2) is 0 Å². The normalized spacial score (nSPS) is 10.3. The minimum Gasteiger partial charge on any atom is -0.489 e. The van der Waals surface area contributed by atoms with E-state index in [1.54, 1.807) is 24.3 Å². The van der Waals surface area contributed by atoms with Gasteiger partial charge in [-0.3, -0.25) is 4.79 Å². The number of carboxylic acid groups (broad SMARTS) is 1. The molecule has 5 heteroatoms. The lowest BCUT2D eigenvalue weighted by molar-refractivity contribution is -0.136. The van der Waals surface area contributed by atoms with Gasteiger partial charge in [0.25, 0.3) is 0 Å². The maximum absolute atomic E-state index is 11.0. The lowest BCUT2D eigenvalue weighted by Gasteiger charge is -2.12. The summed E-state index contributed by atoms with van der Waals surface area (Å²) in [5.74, 6) is -0.363. The molecule has 0 aliphatic rings. The number of carbonyl (C=O) groups is 1. The van der Waals surface area contributed by atoms with Gasteiger partial charge in [0, 0.05) is 12.1 Å². The first-order valence-electron chi connectivity index (χ1n) is 8.85. The van der Waals surface area contributed by atoms with Crippen molar-refractivity contribution in [1.29, 1.82) is 5.26 Å². The van der Waals surface area contributed by atoms with Crippen molar-refractivity contribution in [2.24, 2.45) is 5.73 Å². The molecule has 0 heterocycles. The van der Waals surface area contributed by atoms with E-state index < -0.39 is 5.97 Å². The number of rotatable bonds is 7. The molecule has 0 bridgehead atoms. The fraction of sp³-hybridized carbons (Fsp3) is 0.130. The highest BCUT2D eigenvalue weighted by molar-refractivity contribution is 5.72. The van der Waals surface area contributed by atoms with Crippen molar-refractivity contribution < 1.29 is 14.6 Å². The van der Waals surface area contributed by atoms with E-state index in [0.29, 0.717) is 23.4 Å². The van der Waals surface area contributed by atoms with E-state index in [-0.39, 0.29) is 13.0 Å². The number of nitrogens with two attached hydrogens (primary N) is 1. The summed E-state index contributed by atoms with van der Waals surface area (Å²) in [4.78, 5) is 11.0. The number of benzene rings is 3. The molecule has 0 amide bonds. The highest BCUT2D eigenvalue weighted by Gasteiger charge is 2.10. The lowest BCUT2D eigenvalue weighted by Crippen LogP contribution is -2.04. The van der Waals surface area contributed by atoms with Crippen LogP contribution in [0, 0.1) is 11.3 Å². The summed E-state index contributed by atoms with van der Waals surface area (Å²) in [7, 11) is 0. The maximum atomic E-state index is 11.0. The van der Waals surface area contributed by atoms with E-state index in [1.807, 2.05) is 42.5 Å². The monoisotopic (exact) mass is 372 g/mol. The van der Waals surface area contributed by atoms with E-state index in [0.717, 1.165) is 22.3 Å². The van der Waals surface area contributed by atoms with Crippen LogP contribution < -0.4 is 10.5 Å². The zero-order chi connectivity index (χ0) is 19.9. The SMILES string of the molecule is N#Cc1ccc(COc2ccccc2CC(=O)O)cc1-c1cccc(CN)c1. The largest absolute Gasteiger partial charge is 0.489 e. The van der Waals surface area contributed by atoms with Gasteiger partial charge < -0.3 is 15.6 Å². The molecule has 28 heavy (non-hydrogen) atoms. The zero-order valence-corrected chi connectivity index (χ0v) is 15.3. The molecule has 0 aliphatic heterocycles. The smallest absolute Gasteiger partial charge is 0.307 e. The predicted molar refractivity (Wildman–Crippen MR) is 107 cm³/mol. The van der Waals surface area contributed by atoms with Gasteiger partial charge in [-0.1, -0.05) is 42.5 Å². The first kappa shape index (κ1) is 19.2. The first-order valence-corrected chi connectivity index (χ1v) is 8.85. The second kappa shape index (κ2) is 8.85. The summed E-state index contributed by atoms with van der Waals surface area (Å²) in [5, 5.41) is 18.5. The molecule has 0 atom stereocenters. The average molecular weight is 372 g/mol. The third-order valence-electron chi connectivity index (χ3n) is 4.39. The Hall–Kier alpha value is -3.62. The molecule has 0 fully saturated rings. The summed E-state index contributed by atoms with van der Waals surface area (Å²) in [6.07, 6.45) is -0.0966. The Bertz CT molecular complexity index is 1040.